The summed E-state index contributed by atoms with van der Waals surface area (Å²) in [5, 5.41) is 0. The largest absolute Gasteiger partial charge is 0.325 e. The highest BCUT2D eigenvalue weighted by Gasteiger charge is 2.20. The molecule has 6 heteroatoms. The van der Waals surface area contributed by atoms with Gasteiger partial charge in [-0.1, -0.05) is 0 Å². The molecule has 1 heterocycles. The van der Waals surface area contributed by atoms with Crippen LogP contribution in [0.2, 0.25) is 0 Å². The van der Waals surface area contributed by atoms with Gasteiger partial charge < -0.3 is 5.73 Å². The number of rotatable bonds is 3. The molecule has 1 aromatic heterocycles. The Labute approximate surface area is 77.7 Å². The molecule has 0 aliphatic carbocycles. The maximum absolute atomic E-state index is 12.9. The Morgan fingerprint density at radius 3 is 2.64 bits per heavy atom. The van der Waals surface area contributed by atoms with Crippen LogP contribution in [0.4, 0.5) is 13.2 Å². The molecule has 0 unspecified atom stereocenters. The van der Waals surface area contributed by atoms with Crippen molar-refractivity contribution >= 4 is 6.29 Å². The fourth-order valence-electron chi connectivity index (χ4n) is 1.01. The molecule has 1 rings (SSSR count). The van der Waals surface area contributed by atoms with E-state index < -0.39 is 23.5 Å². The molecule has 0 spiro atoms. The van der Waals surface area contributed by atoms with Gasteiger partial charge in [0.1, 0.15) is 0 Å². The molecule has 0 bridgehead atoms. The van der Waals surface area contributed by atoms with E-state index in [2.05, 4.69) is 4.98 Å². The van der Waals surface area contributed by atoms with E-state index in [0.717, 1.165) is 6.07 Å². The van der Waals surface area contributed by atoms with Gasteiger partial charge in [0.25, 0.3) is 6.43 Å². The van der Waals surface area contributed by atoms with Crippen molar-refractivity contribution in [1.82, 2.24) is 4.98 Å². The molecule has 0 aliphatic heterocycles. The van der Waals surface area contributed by atoms with E-state index in [-0.39, 0.29) is 18.5 Å². The molecule has 3 nitrogen and oxygen atoms in total. The van der Waals surface area contributed by atoms with Gasteiger partial charge >= 0.3 is 0 Å². The first kappa shape index (κ1) is 10.6. The molecule has 0 atom stereocenters. The molecule has 2 N–H and O–H groups in total. The predicted octanol–water partition coefficient (Wildman–Crippen LogP) is 1.43. The summed E-state index contributed by atoms with van der Waals surface area (Å²) in [5.74, 6) is -1.34. The summed E-state index contributed by atoms with van der Waals surface area (Å²) < 4.78 is 37.4. The molecule has 0 fully saturated rings. The van der Waals surface area contributed by atoms with Crippen molar-refractivity contribution in [2.45, 2.75) is 13.0 Å². The van der Waals surface area contributed by atoms with Gasteiger partial charge in [-0.25, -0.2) is 13.8 Å². The summed E-state index contributed by atoms with van der Waals surface area (Å²) in [5.41, 5.74) is 3.82. The second kappa shape index (κ2) is 4.19. The molecule has 0 saturated heterocycles. The molecule has 76 valence electrons. The smallest absolute Gasteiger partial charge is 0.268 e. The molecular formula is C8H7F3N2O. The van der Waals surface area contributed by atoms with Crippen molar-refractivity contribution in [2.24, 2.45) is 5.73 Å². The quantitative estimate of drug-likeness (QED) is 0.598. The summed E-state index contributed by atoms with van der Waals surface area (Å²) in [6, 6.07) is 1.05. The fraction of sp³-hybridized carbons (Fsp3) is 0.250. The van der Waals surface area contributed by atoms with Crippen LogP contribution < -0.4 is 5.73 Å². The van der Waals surface area contributed by atoms with Crippen molar-refractivity contribution < 1.29 is 18.0 Å². The first-order valence-electron chi connectivity index (χ1n) is 3.72. The maximum atomic E-state index is 12.9. The van der Waals surface area contributed by atoms with E-state index in [9.17, 15) is 18.0 Å². The van der Waals surface area contributed by atoms with E-state index in [0.29, 0.717) is 0 Å². The Hall–Kier alpha value is -1.43. The first-order chi connectivity index (χ1) is 6.60. The van der Waals surface area contributed by atoms with Gasteiger partial charge in [-0.2, -0.15) is 4.39 Å². The maximum Gasteiger partial charge on any atom is 0.268 e. The molecular weight excluding hydrogens is 197 g/mol. The lowest BCUT2D eigenvalue weighted by Gasteiger charge is -2.06. The average Bonchev–Trinajstić information content (AvgIpc) is 2.15. The summed E-state index contributed by atoms with van der Waals surface area (Å²) in [7, 11) is 0. The minimum atomic E-state index is -3.06. The van der Waals surface area contributed by atoms with Crippen LogP contribution in [0.5, 0.6) is 0 Å². The van der Waals surface area contributed by atoms with Gasteiger partial charge in [0, 0.05) is 12.1 Å². The van der Waals surface area contributed by atoms with Gasteiger partial charge in [-0.3, -0.25) is 4.79 Å². The number of hydrogen-bond acceptors (Lipinski definition) is 3. The lowest BCUT2D eigenvalue weighted by Crippen LogP contribution is -2.07. The summed E-state index contributed by atoms with van der Waals surface area (Å²) in [4.78, 5) is 13.6. The first-order valence-corrected chi connectivity index (χ1v) is 3.72. The molecule has 0 amide bonds. The van der Waals surface area contributed by atoms with E-state index in [4.69, 9.17) is 5.73 Å². The van der Waals surface area contributed by atoms with Crippen LogP contribution in [0.25, 0.3) is 0 Å². The van der Waals surface area contributed by atoms with Crippen LogP contribution in [-0.4, -0.2) is 11.3 Å². The number of nitrogens with two attached hydrogens (primary N) is 1. The molecule has 0 aliphatic rings. The fourth-order valence-corrected chi connectivity index (χ4v) is 1.01. The molecule has 0 saturated carbocycles. The van der Waals surface area contributed by atoms with Gasteiger partial charge in [-0.15, -0.1) is 0 Å². The number of aldehydes is 1. The number of carbonyl (C=O) groups excluding carboxylic acids is 1. The average molecular weight is 204 g/mol. The SMILES string of the molecule is NCc1cc(C=O)c(C(F)F)c(F)n1. The highest BCUT2D eigenvalue weighted by atomic mass is 19.3. The van der Waals surface area contributed by atoms with E-state index in [1.165, 1.54) is 0 Å². The van der Waals surface area contributed by atoms with Crippen LogP contribution in [0.15, 0.2) is 6.07 Å². The molecule has 1 aromatic rings. The normalized spacial score (nSPS) is 10.6. The van der Waals surface area contributed by atoms with Crippen LogP contribution in [0.1, 0.15) is 28.0 Å². The van der Waals surface area contributed by atoms with E-state index in [1.54, 1.807) is 0 Å². The number of carbonyl (C=O) groups is 1. The van der Waals surface area contributed by atoms with Crippen LogP contribution in [0.3, 0.4) is 0 Å². The van der Waals surface area contributed by atoms with Crippen LogP contribution >= 0.6 is 0 Å². The van der Waals surface area contributed by atoms with Gasteiger partial charge in [-0.05, 0) is 6.07 Å². The zero-order chi connectivity index (χ0) is 10.7. The Morgan fingerprint density at radius 1 is 1.57 bits per heavy atom. The predicted molar refractivity (Wildman–Crippen MR) is 42.4 cm³/mol. The Balaban J connectivity index is 3.34. The van der Waals surface area contributed by atoms with Crippen molar-refractivity contribution in [3.8, 4) is 0 Å². The van der Waals surface area contributed by atoms with E-state index >= 15 is 0 Å². The Kier molecular flexibility index (Phi) is 3.19. The van der Waals surface area contributed by atoms with Crippen molar-refractivity contribution in [3.05, 3.63) is 28.8 Å². The third kappa shape index (κ3) is 1.90. The minimum absolute atomic E-state index is 0.0639. The lowest BCUT2D eigenvalue weighted by molar-refractivity contribution is 0.110. The van der Waals surface area contributed by atoms with Crippen molar-refractivity contribution in [3.63, 3.8) is 0 Å². The highest BCUT2D eigenvalue weighted by molar-refractivity contribution is 5.77. The number of alkyl halides is 2. The zero-order valence-corrected chi connectivity index (χ0v) is 7.01. The number of nitrogens with zero attached hydrogens (tertiary/aromatic N) is 1. The Morgan fingerprint density at radius 2 is 2.21 bits per heavy atom. The van der Waals surface area contributed by atoms with E-state index in [1.807, 2.05) is 0 Å². The van der Waals surface area contributed by atoms with Gasteiger partial charge in [0.15, 0.2) is 6.29 Å². The number of pyridine rings is 1. The standard InChI is InChI=1S/C8H7F3N2O/c9-7(10)6-4(3-14)1-5(2-12)13-8(6)11/h1,3,7H,2,12H2. The van der Waals surface area contributed by atoms with Crippen molar-refractivity contribution in [1.29, 1.82) is 0 Å². The van der Waals surface area contributed by atoms with Crippen molar-refractivity contribution in [2.75, 3.05) is 0 Å². The summed E-state index contributed by atoms with van der Waals surface area (Å²) >= 11 is 0. The molecule has 0 radical (unpaired) electrons. The summed E-state index contributed by atoms with van der Waals surface area (Å²) in [6.45, 7) is -0.110. The second-order valence-electron chi connectivity index (χ2n) is 2.53. The molecule has 14 heavy (non-hydrogen) atoms. The van der Waals surface area contributed by atoms with Gasteiger partial charge in [0.05, 0.1) is 11.3 Å². The van der Waals surface area contributed by atoms with Gasteiger partial charge in [0.2, 0.25) is 5.95 Å². The third-order valence-corrected chi connectivity index (χ3v) is 1.65. The number of halogens is 3. The second-order valence-corrected chi connectivity index (χ2v) is 2.53. The zero-order valence-electron chi connectivity index (χ0n) is 7.01. The van der Waals surface area contributed by atoms with Crippen LogP contribution in [0, 0.1) is 5.95 Å². The number of aromatic nitrogens is 1. The third-order valence-electron chi connectivity index (χ3n) is 1.65. The summed E-state index contributed by atoms with van der Waals surface area (Å²) in [6.07, 6.45) is -2.90. The monoisotopic (exact) mass is 204 g/mol. The lowest BCUT2D eigenvalue weighted by atomic mass is 10.1. The minimum Gasteiger partial charge on any atom is -0.325 e. The number of hydrogen-bond donors (Lipinski definition) is 1. The topological polar surface area (TPSA) is 56.0 Å². The van der Waals surface area contributed by atoms with Crippen LogP contribution in [-0.2, 0) is 6.54 Å². The highest BCUT2D eigenvalue weighted by Crippen LogP contribution is 2.24. The Bertz CT molecular complexity index is 355. The molecule has 0 aromatic carbocycles.